The van der Waals surface area contributed by atoms with Gasteiger partial charge in [0.15, 0.2) is 0 Å². The highest BCUT2D eigenvalue weighted by Gasteiger charge is 2.26. The predicted molar refractivity (Wildman–Crippen MR) is 60.2 cm³/mol. The molecule has 1 heteroatoms. The van der Waals surface area contributed by atoms with E-state index in [-0.39, 0.29) is 0 Å². The fourth-order valence-corrected chi connectivity index (χ4v) is 2.63. The van der Waals surface area contributed by atoms with Crippen LogP contribution in [0.2, 0.25) is 0 Å². The molecule has 0 aromatic heterocycles. The average Bonchev–Trinajstić information content (AvgIpc) is 2.19. The Bertz CT molecular complexity index is 271. The van der Waals surface area contributed by atoms with Crippen molar-refractivity contribution in [3.63, 3.8) is 0 Å². The van der Waals surface area contributed by atoms with Gasteiger partial charge in [-0.3, -0.25) is 4.90 Å². The standard InChI is InChI=1S/C13H19N/c1-11-7-6-10-14(2)13(11)12-8-4-3-5-9-12/h3-5,8-9,11,13H,6-7,10H2,1-2H3/t11-,13+/m1/s1. The van der Waals surface area contributed by atoms with Crippen molar-refractivity contribution in [1.29, 1.82) is 0 Å². The van der Waals surface area contributed by atoms with E-state index in [1.54, 1.807) is 0 Å². The zero-order chi connectivity index (χ0) is 9.97. The molecule has 0 aliphatic carbocycles. The van der Waals surface area contributed by atoms with Crippen LogP contribution in [0.4, 0.5) is 0 Å². The van der Waals surface area contributed by atoms with E-state index in [2.05, 4.69) is 49.2 Å². The Balaban J connectivity index is 2.23. The van der Waals surface area contributed by atoms with Gasteiger partial charge in [-0.05, 0) is 37.9 Å². The summed E-state index contributed by atoms with van der Waals surface area (Å²) in [4.78, 5) is 2.49. The summed E-state index contributed by atoms with van der Waals surface area (Å²) in [6.45, 7) is 3.61. The number of likely N-dealkylation sites (tertiary alicyclic amines) is 1. The van der Waals surface area contributed by atoms with Gasteiger partial charge in [0.05, 0.1) is 0 Å². The molecule has 0 amide bonds. The van der Waals surface area contributed by atoms with Gasteiger partial charge in [-0.1, -0.05) is 37.3 Å². The van der Waals surface area contributed by atoms with Crippen molar-refractivity contribution in [2.45, 2.75) is 25.8 Å². The molecule has 0 spiro atoms. The minimum atomic E-state index is 0.630. The average molecular weight is 189 g/mol. The summed E-state index contributed by atoms with van der Waals surface area (Å²) in [5.41, 5.74) is 1.47. The Morgan fingerprint density at radius 1 is 1.21 bits per heavy atom. The van der Waals surface area contributed by atoms with Crippen LogP contribution >= 0.6 is 0 Å². The van der Waals surface area contributed by atoms with Crippen LogP contribution in [0.5, 0.6) is 0 Å². The highest BCUT2D eigenvalue weighted by Crippen LogP contribution is 2.34. The van der Waals surface area contributed by atoms with E-state index >= 15 is 0 Å². The molecule has 1 nitrogen and oxygen atoms in total. The molecule has 0 unspecified atom stereocenters. The molecule has 1 aliphatic rings. The van der Waals surface area contributed by atoms with Crippen LogP contribution in [0.3, 0.4) is 0 Å². The third-order valence-corrected chi connectivity index (χ3v) is 3.33. The maximum atomic E-state index is 2.49. The van der Waals surface area contributed by atoms with Crippen molar-refractivity contribution < 1.29 is 0 Å². The van der Waals surface area contributed by atoms with Crippen molar-refractivity contribution in [3.05, 3.63) is 35.9 Å². The summed E-state index contributed by atoms with van der Waals surface area (Å²) in [6, 6.07) is 11.5. The maximum Gasteiger partial charge on any atom is 0.0370 e. The number of nitrogens with zero attached hydrogens (tertiary/aromatic N) is 1. The molecule has 0 radical (unpaired) electrons. The second-order valence-corrected chi connectivity index (χ2v) is 4.46. The predicted octanol–water partition coefficient (Wildman–Crippen LogP) is 3.09. The topological polar surface area (TPSA) is 3.24 Å². The molecular weight excluding hydrogens is 170 g/mol. The zero-order valence-corrected chi connectivity index (χ0v) is 9.11. The summed E-state index contributed by atoms with van der Waals surface area (Å²) in [5, 5.41) is 0. The van der Waals surface area contributed by atoms with Gasteiger partial charge >= 0.3 is 0 Å². The minimum absolute atomic E-state index is 0.630. The first-order valence-corrected chi connectivity index (χ1v) is 5.54. The van der Waals surface area contributed by atoms with Crippen LogP contribution in [0.1, 0.15) is 31.4 Å². The molecule has 0 N–H and O–H groups in total. The summed E-state index contributed by atoms with van der Waals surface area (Å²) in [5.74, 6) is 0.788. The lowest BCUT2D eigenvalue weighted by molar-refractivity contribution is 0.131. The van der Waals surface area contributed by atoms with Crippen LogP contribution in [0.15, 0.2) is 30.3 Å². The molecule has 1 aromatic carbocycles. The molecule has 2 rings (SSSR count). The number of benzene rings is 1. The highest BCUT2D eigenvalue weighted by molar-refractivity contribution is 5.20. The van der Waals surface area contributed by atoms with E-state index in [0.717, 1.165) is 5.92 Å². The largest absolute Gasteiger partial charge is 0.299 e. The van der Waals surface area contributed by atoms with Crippen molar-refractivity contribution >= 4 is 0 Å². The molecule has 76 valence electrons. The Labute approximate surface area is 86.7 Å². The van der Waals surface area contributed by atoms with Crippen LogP contribution in [0, 0.1) is 5.92 Å². The molecule has 14 heavy (non-hydrogen) atoms. The Morgan fingerprint density at radius 2 is 1.93 bits per heavy atom. The first kappa shape index (κ1) is 9.72. The quantitative estimate of drug-likeness (QED) is 0.656. The zero-order valence-electron chi connectivity index (χ0n) is 9.11. The normalized spacial score (nSPS) is 29.0. The minimum Gasteiger partial charge on any atom is -0.299 e. The third-order valence-electron chi connectivity index (χ3n) is 3.33. The number of hydrogen-bond donors (Lipinski definition) is 0. The van der Waals surface area contributed by atoms with Crippen LogP contribution < -0.4 is 0 Å². The van der Waals surface area contributed by atoms with Gasteiger partial charge in [-0.2, -0.15) is 0 Å². The molecular formula is C13H19N. The van der Waals surface area contributed by atoms with Crippen molar-refractivity contribution in [2.75, 3.05) is 13.6 Å². The van der Waals surface area contributed by atoms with E-state index < -0.39 is 0 Å². The fraction of sp³-hybridized carbons (Fsp3) is 0.538. The molecule has 2 atom stereocenters. The monoisotopic (exact) mass is 189 g/mol. The van der Waals surface area contributed by atoms with E-state index in [1.165, 1.54) is 24.9 Å². The van der Waals surface area contributed by atoms with Gasteiger partial charge in [0.2, 0.25) is 0 Å². The molecule has 1 fully saturated rings. The number of hydrogen-bond acceptors (Lipinski definition) is 1. The summed E-state index contributed by atoms with van der Waals surface area (Å²) >= 11 is 0. The highest BCUT2D eigenvalue weighted by atomic mass is 15.1. The Kier molecular flexibility index (Phi) is 2.87. The first-order valence-electron chi connectivity index (χ1n) is 5.54. The SMILES string of the molecule is C[C@@H]1CCCN(C)[C@@H]1c1ccccc1. The summed E-state index contributed by atoms with van der Waals surface area (Å²) in [7, 11) is 2.24. The van der Waals surface area contributed by atoms with Gasteiger partial charge in [-0.15, -0.1) is 0 Å². The lowest BCUT2D eigenvalue weighted by atomic mass is 9.86. The van der Waals surface area contributed by atoms with Crippen molar-refractivity contribution in [1.82, 2.24) is 4.90 Å². The van der Waals surface area contributed by atoms with Gasteiger partial charge in [-0.25, -0.2) is 0 Å². The van der Waals surface area contributed by atoms with Crippen LogP contribution in [0.25, 0.3) is 0 Å². The number of rotatable bonds is 1. The smallest absolute Gasteiger partial charge is 0.0370 e. The number of piperidine rings is 1. The van der Waals surface area contributed by atoms with E-state index in [1.807, 2.05) is 0 Å². The second-order valence-electron chi connectivity index (χ2n) is 4.46. The van der Waals surface area contributed by atoms with Crippen molar-refractivity contribution in [3.8, 4) is 0 Å². The summed E-state index contributed by atoms with van der Waals surface area (Å²) < 4.78 is 0. The maximum absolute atomic E-state index is 2.49. The van der Waals surface area contributed by atoms with Crippen LogP contribution in [-0.2, 0) is 0 Å². The second kappa shape index (κ2) is 4.14. The molecule has 1 heterocycles. The van der Waals surface area contributed by atoms with Crippen molar-refractivity contribution in [2.24, 2.45) is 5.92 Å². The Morgan fingerprint density at radius 3 is 2.57 bits per heavy atom. The van der Waals surface area contributed by atoms with Crippen LogP contribution in [-0.4, -0.2) is 18.5 Å². The van der Waals surface area contributed by atoms with E-state index in [0.29, 0.717) is 6.04 Å². The lowest BCUT2D eigenvalue weighted by Gasteiger charge is -2.37. The molecule has 1 aliphatic heterocycles. The fourth-order valence-electron chi connectivity index (χ4n) is 2.63. The van der Waals surface area contributed by atoms with E-state index in [9.17, 15) is 0 Å². The molecule has 0 bridgehead atoms. The Hall–Kier alpha value is -0.820. The van der Waals surface area contributed by atoms with Gasteiger partial charge in [0.25, 0.3) is 0 Å². The third kappa shape index (κ3) is 1.83. The molecule has 1 saturated heterocycles. The first-order chi connectivity index (χ1) is 6.79. The lowest BCUT2D eigenvalue weighted by Crippen LogP contribution is -2.34. The van der Waals surface area contributed by atoms with E-state index in [4.69, 9.17) is 0 Å². The summed E-state index contributed by atoms with van der Waals surface area (Å²) in [6.07, 6.45) is 2.71. The molecule has 0 saturated carbocycles. The van der Waals surface area contributed by atoms with Gasteiger partial charge < -0.3 is 0 Å². The van der Waals surface area contributed by atoms with Gasteiger partial charge in [0, 0.05) is 6.04 Å². The molecule has 1 aromatic rings. The van der Waals surface area contributed by atoms with Gasteiger partial charge in [0.1, 0.15) is 0 Å².